The van der Waals surface area contributed by atoms with E-state index in [-0.39, 0.29) is 25.7 Å². The number of amides is 2. The Morgan fingerprint density at radius 1 is 0.964 bits per heavy atom. The molecular weight excluding hydrogens is 827 g/mol. The molecule has 1 heterocycles. The van der Waals surface area contributed by atoms with Crippen molar-refractivity contribution in [1.29, 1.82) is 0 Å². The summed E-state index contributed by atoms with van der Waals surface area (Å²) in [6.45, 7) is 9.23. The van der Waals surface area contributed by atoms with Gasteiger partial charge in [0.05, 0.1) is 18.2 Å². The Morgan fingerprint density at radius 3 is 2.21 bits per heavy atom. The summed E-state index contributed by atoms with van der Waals surface area (Å²) < 4.78 is 26.0. The maximum Gasteiger partial charge on any atom is 0.339 e. The van der Waals surface area contributed by atoms with E-state index < -0.39 is 72.1 Å². The van der Waals surface area contributed by atoms with Gasteiger partial charge in [0, 0.05) is 48.3 Å². The summed E-state index contributed by atoms with van der Waals surface area (Å²) in [7, 11) is 1.58. The van der Waals surface area contributed by atoms with Crippen molar-refractivity contribution in [3.63, 3.8) is 0 Å². The van der Waals surface area contributed by atoms with Crippen LogP contribution < -0.4 is 5.32 Å². The van der Waals surface area contributed by atoms with Crippen molar-refractivity contribution in [3.05, 3.63) is 80.9 Å². The molecule has 11 nitrogen and oxygen atoms in total. The largest absolute Gasteiger partial charge is 0.460 e. The quantitative estimate of drug-likeness (QED) is 0.0788. The fourth-order valence-electron chi connectivity index (χ4n) is 7.22. The second-order valence-corrected chi connectivity index (χ2v) is 17.1. The maximum absolute atomic E-state index is 14.6. The molecule has 56 heavy (non-hydrogen) atoms. The average molecular weight is 889 g/mol. The number of rotatable bonds is 20. The number of aliphatic hydroxyl groups excluding tert-OH is 1. The standard InChI is InChI=1S/C44H61IN2O9/c1-7-9-16-24-44(25-17-10-8-2)54-37-28-31(27-36(39(37)56-44)53-42(52)33-20-14-15-21-34(33)45)41(51)47(6)35(26-30-18-12-11-13-19-30)40(50)46-32(29-48)22-23-38(49)55-43(3,4)5/h11-15,18-21,28,32,35-37,39,48H,7-10,16-17,22-27,29H2,1-6H3,(H,46,50). The van der Waals surface area contributed by atoms with E-state index in [1.54, 1.807) is 46.0 Å². The molecule has 2 N–H and O–H groups in total. The van der Waals surface area contributed by atoms with E-state index in [2.05, 4.69) is 41.8 Å². The summed E-state index contributed by atoms with van der Waals surface area (Å²) in [6.07, 6.45) is 7.43. The number of hydrogen-bond acceptors (Lipinski definition) is 9. The highest BCUT2D eigenvalue weighted by Gasteiger charge is 2.53. The van der Waals surface area contributed by atoms with Gasteiger partial charge in [-0.2, -0.15) is 0 Å². The van der Waals surface area contributed by atoms with Crippen molar-refractivity contribution in [1.82, 2.24) is 10.2 Å². The highest BCUT2D eigenvalue weighted by Crippen LogP contribution is 2.43. The lowest BCUT2D eigenvalue weighted by atomic mass is 9.90. The Hall–Kier alpha value is -3.33. The zero-order valence-electron chi connectivity index (χ0n) is 33.9. The molecular formula is C44H61IN2O9. The number of halogens is 1. The van der Waals surface area contributed by atoms with Crippen LogP contribution in [0.3, 0.4) is 0 Å². The normalized spacial score (nSPS) is 19.9. The van der Waals surface area contributed by atoms with Crippen LogP contribution in [0.2, 0.25) is 0 Å². The highest BCUT2D eigenvalue weighted by molar-refractivity contribution is 14.1. The monoisotopic (exact) mass is 888 g/mol. The average Bonchev–Trinajstić information content (AvgIpc) is 3.53. The van der Waals surface area contributed by atoms with E-state index in [0.29, 0.717) is 24.0 Å². The third-order valence-corrected chi connectivity index (χ3v) is 11.1. The van der Waals surface area contributed by atoms with Crippen molar-refractivity contribution in [3.8, 4) is 0 Å². The number of unbranched alkanes of at least 4 members (excludes halogenated alkanes) is 4. The number of likely N-dealkylation sites (N-methyl/N-ethyl adjacent to an activating group) is 1. The molecule has 12 heteroatoms. The number of carbonyl (C=O) groups is 4. The number of carbonyl (C=O) groups excluding carboxylic acids is 4. The van der Waals surface area contributed by atoms with Crippen molar-refractivity contribution < 1.29 is 43.2 Å². The second-order valence-electron chi connectivity index (χ2n) is 15.9. The molecule has 2 aliphatic rings. The highest BCUT2D eigenvalue weighted by atomic mass is 127. The fraction of sp³-hybridized carbons (Fsp3) is 0.591. The zero-order valence-corrected chi connectivity index (χ0v) is 36.0. The Balaban J connectivity index is 1.63. The molecule has 1 saturated heterocycles. The molecule has 2 aromatic rings. The van der Waals surface area contributed by atoms with E-state index in [9.17, 15) is 24.3 Å². The van der Waals surface area contributed by atoms with E-state index in [0.717, 1.165) is 47.7 Å². The van der Waals surface area contributed by atoms with Crippen LogP contribution in [0.4, 0.5) is 0 Å². The van der Waals surface area contributed by atoms with Crippen LogP contribution in [0.5, 0.6) is 0 Å². The number of ether oxygens (including phenoxy) is 4. The summed E-state index contributed by atoms with van der Waals surface area (Å²) in [6, 6.07) is 14.8. The van der Waals surface area contributed by atoms with Gasteiger partial charge in [0.25, 0.3) is 0 Å². The maximum atomic E-state index is 14.6. The molecule has 0 bridgehead atoms. The first-order chi connectivity index (χ1) is 26.7. The molecule has 1 aliphatic carbocycles. The van der Waals surface area contributed by atoms with Crippen molar-refractivity contribution >= 4 is 46.3 Å². The van der Waals surface area contributed by atoms with Gasteiger partial charge in [-0.3, -0.25) is 14.4 Å². The van der Waals surface area contributed by atoms with Crippen molar-refractivity contribution in [2.75, 3.05) is 13.7 Å². The molecule has 0 spiro atoms. The molecule has 1 fully saturated rings. The first kappa shape index (κ1) is 45.4. The Morgan fingerprint density at radius 2 is 1.61 bits per heavy atom. The Bertz CT molecular complexity index is 1630. The molecule has 0 radical (unpaired) electrons. The molecule has 2 aromatic carbocycles. The van der Waals surface area contributed by atoms with E-state index >= 15 is 0 Å². The second kappa shape index (κ2) is 21.4. The van der Waals surface area contributed by atoms with Gasteiger partial charge in [0.1, 0.15) is 30.0 Å². The van der Waals surface area contributed by atoms with Gasteiger partial charge in [-0.15, -0.1) is 0 Å². The van der Waals surface area contributed by atoms with E-state index in [1.807, 2.05) is 42.5 Å². The van der Waals surface area contributed by atoms with Gasteiger partial charge in [-0.05, 0) is 86.4 Å². The van der Waals surface area contributed by atoms with Gasteiger partial charge in [0.15, 0.2) is 5.79 Å². The number of esters is 2. The van der Waals surface area contributed by atoms with Crippen LogP contribution >= 0.6 is 22.6 Å². The minimum Gasteiger partial charge on any atom is -0.460 e. The number of benzene rings is 2. The lowest BCUT2D eigenvalue weighted by Crippen LogP contribution is -2.53. The van der Waals surface area contributed by atoms with Crippen LogP contribution in [-0.2, 0) is 39.8 Å². The number of nitrogens with zero attached hydrogens (tertiary/aromatic N) is 1. The Labute approximate surface area is 346 Å². The summed E-state index contributed by atoms with van der Waals surface area (Å²) in [5, 5.41) is 13.1. The van der Waals surface area contributed by atoms with E-state index in [1.165, 1.54) is 4.90 Å². The predicted molar refractivity (Wildman–Crippen MR) is 223 cm³/mol. The summed E-state index contributed by atoms with van der Waals surface area (Å²) in [4.78, 5) is 56.2. The molecule has 5 unspecified atom stereocenters. The van der Waals surface area contributed by atoms with Gasteiger partial charge in [-0.1, -0.05) is 82.0 Å². The van der Waals surface area contributed by atoms with Crippen LogP contribution in [0.1, 0.15) is 121 Å². The minimum absolute atomic E-state index is 0.00106. The molecule has 0 aromatic heterocycles. The lowest BCUT2D eigenvalue weighted by molar-refractivity contribution is -0.190. The summed E-state index contributed by atoms with van der Waals surface area (Å²) >= 11 is 2.11. The van der Waals surface area contributed by atoms with Gasteiger partial charge < -0.3 is 34.3 Å². The van der Waals surface area contributed by atoms with Crippen LogP contribution in [0.25, 0.3) is 0 Å². The Kier molecular flexibility index (Phi) is 17.4. The summed E-state index contributed by atoms with van der Waals surface area (Å²) in [5.41, 5.74) is 0.946. The molecule has 2 amide bonds. The van der Waals surface area contributed by atoms with E-state index in [4.69, 9.17) is 18.9 Å². The van der Waals surface area contributed by atoms with Crippen LogP contribution in [-0.4, -0.2) is 89.2 Å². The molecule has 308 valence electrons. The smallest absolute Gasteiger partial charge is 0.339 e. The number of fused-ring (bicyclic) bond motifs is 1. The van der Waals surface area contributed by atoms with Gasteiger partial charge >= 0.3 is 11.9 Å². The van der Waals surface area contributed by atoms with Crippen LogP contribution in [0.15, 0.2) is 66.2 Å². The van der Waals surface area contributed by atoms with Gasteiger partial charge in [-0.25, -0.2) is 4.79 Å². The predicted octanol–water partition coefficient (Wildman–Crippen LogP) is 7.46. The van der Waals surface area contributed by atoms with Crippen molar-refractivity contribution in [2.24, 2.45) is 0 Å². The SMILES string of the molecule is CCCCCC1(CCCCC)OC2C=C(C(=O)N(C)C(Cc3ccccc3)C(=O)NC(CO)CCC(=O)OC(C)(C)C)CC(OC(=O)c3ccccc3I)C2O1. The van der Waals surface area contributed by atoms with Crippen molar-refractivity contribution in [2.45, 2.75) is 153 Å². The molecule has 0 saturated carbocycles. The fourth-order valence-corrected chi connectivity index (χ4v) is 7.83. The van der Waals surface area contributed by atoms with Gasteiger partial charge in [0.2, 0.25) is 11.8 Å². The third kappa shape index (κ3) is 13.1. The van der Waals surface area contributed by atoms with Crippen LogP contribution in [0, 0.1) is 3.57 Å². The molecule has 1 aliphatic heterocycles. The minimum atomic E-state index is -0.978. The number of hydrogen-bond donors (Lipinski definition) is 2. The molecule has 4 rings (SSSR count). The first-order valence-electron chi connectivity index (χ1n) is 20.1. The number of aliphatic hydroxyl groups is 1. The number of nitrogens with one attached hydrogen (secondary N) is 1. The lowest BCUT2D eigenvalue weighted by Gasteiger charge is -2.34. The third-order valence-electron chi connectivity index (χ3n) is 10.2. The molecule has 5 atom stereocenters. The zero-order chi connectivity index (χ0) is 40.9. The topological polar surface area (TPSA) is 141 Å². The summed E-state index contributed by atoms with van der Waals surface area (Å²) in [5.74, 6) is -2.71. The first-order valence-corrected chi connectivity index (χ1v) is 21.2.